The second-order valence-electron chi connectivity index (χ2n) is 7.34. The Hall–Kier alpha value is -2.11. The van der Waals surface area contributed by atoms with Crippen LogP contribution in [0.3, 0.4) is 0 Å². The molecule has 0 unspecified atom stereocenters. The van der Waals surface area contributed by atoms with Gasteiger partial charge in [0.05, 0.1) is 19.4 Å². The summed E-state index contributed by atoms with van der Waals surface area (Å²) in [5.74, 6) is 0.696. The third-order valence-electron chi connectivity index (χ3n) is 5.55. The Kier molecular flexibility index (Phi) is 5.30. The Morgan fingerprint density at radius 2 is 2.00 bits per heavy atom. The van der Waals surface area contributed by atoms with Crippen molar-refractivity contribution in [1.82, 2.24) is 15.0 Å². The zero-order chi connectivity index (χ0) is 20.6. The number of pyridine rings is 1. The summed E-state index contributed by atoms with van der Waals surface area (Å²) in [6.07, 6.45) is -0.130. The topological polar surface area (TPSA) is 103 Å². The summed E-state index contributed by atoms with van der Waals surface area (Å²) >= 11 is 0.806. The molecule has 0 saturated carbocycles. The number of piperidine rings is 1. The highest BCUT2D eigenvalue weighted by Crippen LogP contribution is 2.41. The lowest BCUT2D eigenvalue weighted by atomic mass is 9.75. The van der Waals surface area contributed by atoms with Crippen LogP contribution in [0.5, 0.6) is 0 Å². The van der Waals surface area contributed by atoms with Crippen LogP contribution in [0.1, 0.15) is 18.5 Å². The van der Waals surface area contributed by atoms with Crippen LogP contribution in [0.4, 0.5) is 24.8 Å². The van der Waals surface area contributed by atoms with Gasteiger partial charge in [0.25, 0.3) is 0 Å². The van der Waals surface area contributed by atoms with Crippen LogP contribution in [-0.2, 0) is 10.9 Å². The number of alkyl halides is 3. The largest absolute Gasteiger partial charge is 0.434 e. The first-order valence-electron chi connectivity index (χ1n) is 9.19. The van der Waals surface area contributed by atoms with Crippen LogP contribution >= 0.6 is 11.8 Å². The molecule has 7 nitrogen and oxygen atoms in total. The number of aromatic nitrogens is 3. The fourth-order valence-corrected chi connectivity index (χ4v) is 4.65. The van der Waals surface area contributed by atoms with E-state index >= 15 is 0 Å². The maximum Gasteiger partial charge on any atom is 0.434 e. The summed E-state index contributed by atoms with van der Waals surface area (Å²) < 4.78 is 45.0. The van der Waals surface area contributed by atoms with E-state index in [9.17, 15) is 13.2 Å². The fourth-order valence-electron chi connectivity index (χ4n) is 3.77. The standard InChI is InChI=1S/C18H21F3N6OS/c19-18(20,21)14-11(2-1-5-24-14)29-16-15(23)26-13(8-25-16)27-6-3-17(4-7-27)10-28-9-12(17)22/h1-2,5,8,12H,3-4,6-7,9-10,22H2,(H2,23,26)/t12-/m1/s1. The van der Waals surface area contributed by atoms with E-state index in [1.54, 1.807) is 6.20 Å². The van der Waals surface area contributed by atoms with Crippen molar-refractivity contribution in [3.05, 3.63) is 30.2 Å². The van der Waals surface area contributed by atoms with Gasteiger partial charge in [-0.25, -0.2) is 9.97 Å². The molecule has 0 amide bonds. The molecular formula is C18H21F3N6OS. The number of anilines is 2. The van der Waals surface area contributed by atoms with Crippen molar-refractivity contribution in [3.8, 4) is 0 Å². The van der Waals surface area contributed by atoms with E-state index in [4.69, 9.17) is 16.2 Å². The molecule has 0 bridgehead atoms. The molecule has 2 fully saturated rings. The molecular weight excluding hydrogens is 405 g/mol. The third kappa shape index (κ3) is 3.99. The van der Waals surface area contributed by atoms with Crippen LogP contribution in [0, 0.1) is 5.41 Å². The maximum absolute atomic E-state index is 13.1. The lowest BCUT2D eigenvalue weighted by Gasteiger charge is -2.41. The molecule has 156 valence electrons. The molecule has 0 radical (unpaired) electrons. The molecule has 11 heteroatoms. The van der Waals surface area contributed by atoms with Crippen molar-refractivity contribution in [2.75, 3.05) is 36.9 Å². The minimum absolute atomic E-state index is 0.0135. The summed E-state index contributed by atoms with van der Waals surface area (Å²) in [5.41, 5.74) is 11.3. The van der Waals surface area contributed by atoms with E-state index in [0.717, 1.165) is 43.9 Å². The molecule has 2 aliphatic heterocycles. The number of hydrogen-bond acceptors (Lipinski definition) is 8. The molecule has 2 saturated heterocycles. The van der Waals surface area contributed by atoms with Crippen LogP contribution in [-0.4, -0.2) is 47.3 Å². The average Bonchev–Trinajstić information content (AvgIpc) is 3.03. The van der Waals surface area contributed by atoms with Crippen molar-refractivity contribution in [2.45, 2.75) is 35.0 Å². The van der Waals surface area contributed by atoms with Gasteiger partial charge in [-0.15, -0.1) is 0 Å². The van der Waals surface area contributed by atoms with E-state index in [1.165, 1.54) is 12.1 Å². The maximum atomic E-state index is 13.1. The minimum Gasteiger partial charge on any atom is -0.381 e. The molecule has 1 spiro atoms. The molecule has 0 aliphatic carbocycles. The van der Waals surface area contributed by atoms with E-state index in [1.807, 2.05) is 0 Å². The number of ether oxygens (including phenoxy) is 1. The fraction of sp³-hybridized carbons (Fsp3) is 0.500. The van der Waals surface area contributed by atoms with Gasteiger partial charge in [-0.1, -0.05) is 11.8 Å². The lowest BCUT2D eigenvalue weighted by Crippen LogP contribution is -2.49. The first-order chi connectivity index (χ1) is 13.8. The monoisotopic (exact) mass is 426 g/mol. The molecule has 29 heavy (non-hydrogen) atoms. The zero-order valence-electron chi connectivity index (χ0n) is 15.5. The minimum atomic E-state index is -4.56. The van der Waals surface area contributed by atoms with Crippen LogP contribution in [0.25, 0.3) is 0 Å². The van der Waals surface area contributed by atoms with Gasteiger partial charge < -0.3 is 21.1 Å². The molecule has 4 heterocycles. The molecule has 4 N–H and O–H groups in total. The van der Waals surface area contributed by atoms with Crippen LogP contribution in [0.2, 0.25) is 0 Å². The van der Waals surface area contributed by atoms with Crippen molar-refractivity contribution < 1.29 is 17.9 Å². The molecule has 2 aromatic heterocycles. The normalized spacial score (nSPS) is 21.7. The Labute approximate surface area is 170 Å². The van der Waals surface area contributed by atoms with Gasteiger partial charge in [-0.2, -0.15) is 13.2 Å². The summed E-state index contributed by atoms with van der Waals surface area (Å²) in [4.78, 5) is 14.1. The van der Waals surface area contributed by atoms with Crippen molar-refractivity contribution in [3.63, 3.8) is 0 Å². The smallest absolute Gasteiger partial charge is 0.381 e. The van der Waals surface area contributed by atoms with Crippen molar-refractivity contribution in [2.24, 2.45) is 11.1 Å². The van der Waals surface area contributed by atoms with Gasteiger partial charge in [-0.3, -0.25) is 4.98 Å². The summed E-state index contributed by atoms with van der Waals surface area (Å²) in [7, 11) is 0. The number of hydrogen-bond donors (Lipinski definition) is 2. The van der Waals surface area contributed by atoms with E-state index in [0.29, 0.717) is 19.0 Å². The highest BCUT2D eigenvalue weighted by molar-refractivity contribution is 7.99. The number of nitrogens with two attached hydrogens (primary N) is 2. The summed E-state index contributed by atoms with van der Waals surface area (Å²) in [6, 6.07) is 2.82. The lowest BCUT2D eigenvalue weighted by molar-refractivity contribution is -0.143. The van der Waals surface area contributed by atoms with Crippen molar-refractivity contribution in [1.29, 1.82) is 0 Å². The summed E-state index contributed by atoms with van der Waals surface area (Å²) in [6.45, 7) is 2.77. The average molecular weight is 426 g/mol. The van der Waals surface area contributed by atoms with Gasteiger partial charge in [-0.05, 0) is 25.0 Å². The highest BCUT2D eigenvalue weighted by Gasteiger charge is 2.44. The highest BCUT2D eigenvalue weighted by atomic mass is 32.2. The summed E-state index contributed by atoms with van der Waals surface area (Å²) in [5, 5.41) is 0.215. The molecule has 2 aromatic rings. The molecule has 1 atom stereocenters. The van der Waals surface area contributed by atoms with Crippen molar-refractivity contribution >= 4 is 23.4 Å². The Morgan fingerprint density at radius 3 is 2.62 bits per heavy atom. The van der Waals surface area contributed by atoms with Gasteiger partial charge in [0.2, 0.25) is 0 Å². The third-order valence-corrected chi connectivity index (χ3v) is 6.61. The number of nitrogen functional groups attached to an aromatic ring is 1. The van der Waals surface area contributed by atoms with Gasteiger partial charge in [0.15, 0.2) is 11.5 Å². The Morgan fingerprint density at radius 1 is 1.24 bits per heavy atom. The second-order valence-corrected chi connectivity index (χ2v) is 8.37. The number of rotatable bonds is 3. The zero-order valence-corrected chi connectivity index (χ0v) is 16.3. The van der Waals surface area contributed by atoms with Gasteiger partial charge >= 0.3 is 6.18 Å². The predicted octanol–water partition coefficient (Wildman–Crippen LogP) is 2.57. The van der Waals surface area contributed by atoms with Gasteiger partial charge in [0, 0.05) is 35.6 Å². The first kappa shape index (κ1) is 20.2. The predicted molar refractivity (Wildman–Crippen MR) is 102 cm³/mol. The molecule has 2 aliphatic rings. The van der Waals surface area contributed by atoms with E-state index in [-0.39, 0.29) is 27.2 Å². The molecule has 0 aromatic carbocycles. The second kappa shape index (κ2) is 7.62. The van der Waals surface area contributed by atoms with Crippen LogP contribution < -0.4 is 16.4 Å². The first-order valence-corrected chi connectivity index (χ1v) is 10.0. The number of halogens is 3. The Balaban J connectivity index is 1.48. The SMILES string of the molecule is Nc1nc(N2CCC3(CC2)COC[C@H]3N)cnc1Sc1cccnc1C(F)(F)F. The van der Waals surface area contributed by atoms with Crippen LogP contribution in [0.15, 0.2) is 34.4 Å². The Bertz CT molecular complexity index is 888. The number of nitrogens with zero attached hydrogens (tertiary/aromatic N) is 4. The van der Waals surface area contributed by atoms with E-state index in [2.05, 4.69) is 19.9 Å². The molecule has 4 rings (SSSR count). The quantitative estimate of drug-likeness (QED) is 0.772. The van der Waals surface area contributed by atoms with Gasteiger partial charge in [0.1, 0.15) is 10.8 Å². The van der Waals surface area contributed by atoms with E-state index < -0.39 is 11.9 Å².